The Hall–Kier alpha value is -0.630. The standard InChI is InChI=1S/C13H18BrNO4S/c1-8(15-2)10-4-3-9(14)5-12(10)19-13-7-20(17,18)6-11(13)16/h3-5,8,11,13,15-16H,6-7H2,1-2H3. The van der Waals surface area contributed by atoms with E-state index in [9.17, 15) is 13.5 Å². The maximum atomic E-state index is 11.5. The second-order valence-corrected chi connectivity index (χ2v) is 8.06. The van der Waals surface area contributed by atoms with Crippen molar-refractivity contribution < 1.29 is 18.3 Å². The Morgan fingerprint density at radius 3 is 2.70 bits per heavy atom. The van der Waals surface area contributed by atoms with Gasteiger partial charge in [-0.25, -0.2) is 8.42 Å². The number of aliphatic hydroxyl groups excluding tert-OH is 1. The number of hydrogen-bond acceptors (Lipinski definition) is 5. The van der Waals surface area contributed by atoms with Crippen molar-refractivity contribution >= 4 is 25.8 Å². The van der Waals surface area contributed by atoms with Gasteiger partial charge in [0.2, 0.25) is 0 Å². The predicted octanol–water partition coefficient (Wildman–Crippen LogP) is 1.27. The summed E-state index contributed by atoms with van der Waals surface area (Å²) in [5.41, 5.74) is 0.923. The average molecular weight is 364 g/mol. The Kier molecular flexibility index (Phi) is 4.73. The molecule has 0 radical (unpaired) electrons. The molecule has 1 aliphatic heterocycles. The molecule has 3 unspecified atom stereocenters. The Morgan fingerprint density at radius 2 is 2.15 bits per heavy atom. The first kappa shape index (κ1) is 15.8. The van der Waals surface area contributed by atoms with Crippen molar-refractivity contribution in [3.63, 3.8) is 0 Å². The van der Waals surface area contributed by atoms with Crippen molar-refractivity contribution in [2.75, 3.05) is 18.6 Å². The molecule has 3 atom stereocenters. The van der Waals surface area contributed by atoms with Gasteiger partial charge in [-0.05, 0) is 26.1 Å². The lowest BCUT2D eigenvalue weighted by molar-refractivity contribution is 0.0728. The molecule has 0 bridgehead atoms. The van der Waals surface area contributed by atoms with E-state index in [0.717, 1.165) is 10.0 Å². The van der Waals surface area contributed by atoms with Crippen molar-refractivity contribution in [3.05, 3.63) is 28.2 Å². The third-order valence-electron chi connectivity index (χ3n) is 3.43. The van der Waals surface area contributed by atoms with E-state index in [2.05, 4.69) is 21.2 Å². The summed E-state index contributed by atoms with van der Waals surface area (Å²) < 4.78 is 29.6. The van der Waals surface area contributed by atoms with E-state index in [1.165, 1.54) is 0 Å². The molecule has 1 saturated heterocycles. The Labute approximate surface area is 127 Å². The monoisotopic (exact) mass is 363 g/mol. The van der Waals surface area contributed by atoms with Crippen LogP contribution >= 0.6 is 15.9 Å². The van der Waals surface area contributed by atoms with Gasteiger partial charge in [0.25, 0.3) is 0 Å². The summed E-state index contributed by atoms with van der Waals surface area (Å²) in [6, 6.07) is 5.67. The van der Waals surface area contributed by atoms with Gasteiger partial charge in [-0.15, -0.1) is 0 Å². The highest BCUT2D eigenvalue weighted by Crippen LogP contribution is 2.31. The third kappa shape index (κ3) is 3.52. The first-order chi connectivity index (χ1) is 9.32. The van der Waals surface area contributed by atoms with Crippen LogP contribution in [0.5, 0.6) is 5.75 Å². The molecule has 0 saturated carbocycles. The fourth-order valence-corrected chi connectivity index (χ4v) is 4.20. The van der Waals surface area contributed by atoms with Gasteiger partial charge >= 0.3 is 0 Å². The van der Waals surface area contributed by atoms with Gasteiger partial charge in [-0.2, -0.15) is 0 Å². The zero-order valence-electron chi connectivity index (χ0n) is 11.3. The number of hydrogen-bond donors (Lipinski definition) is 2. The molecule has 0 spiro atoms. The number of benzene rings is 1. The van der Waals surface area contributed by atoms with Gasteiger partial charge in [0.15, 0.2) is 9.84 Å². The van der Waals surface area contributed by atoms with E-state index in [1.54, 1.807) is 6.07 Å². The van der Waals surface area contributed by atoms with Crippen LogP contribution in [0.4, 0.5) is 0 Å². The molecular weight excluding hydrogens is 346 g/mol. The highest BCUT2D eigenvalue weighted by molar-refractivity contribution is 9.10. The second kappa shape index (κ2) is 6.01. The lowest BCUT2D eigenvalue weighted by Crippen LogP contribution is -2.30. The van der Waals surface area contributed by atoms with E-state index in [1.807, 2.05) is 26.1 Å². The third-order valence-corrected chi connectivity index (χ3v) is 5.60. The molecule has 2 N–H and O–H groups in total. The first-order valence-electron chi connectivity index (χ1n) is 6.34. The number of sulfone groups is 1. The smallest absolute Gasteiger partial charge is 0.156 e. The molecule has 1 aromatic carbocycles. The Morgan fingerprint density at radius 1 is 1.45 bits per heavy atom. The molecule has 1 heterocycles. The van der Waals surface area contributed by atoms with Gasteiger partial charge in [0, 0.05) is 16.1 Å². The molecule has 20 heavy (non-hydrogen) atoms. The summed E-state index contributed by atoms with van der Waals surface area (Å²) in [4.78, 5) is 0. The lowest BCUT2D eigenvalue weighted by atomic mass is 10.1. The highest BCUT2D eigenvalue weighted by atomic mass is 79.9. The molecular formula is C13H18BrNO4S. The maximum Gasteiger partial charge on any atom is 0.156 e. The number of rotatable bonds is 4. The van der Waals surface area contributed by atoms with E-state index in [4.69, 9.17) is 4.74 Å². The summed E-state index contributed by atoms with van der Waals surface area (Å²) in [6.07, 6.45) is -1.69. The average Bonchev–Trinajstić information content (AvgIpc) is 2.61. The van der Waals surface area contributed by atoms with Crippen LogP contribution in [-0.4, -0.2) is 44.3 Å². The van der Waals surface area contributed by atoms with Crippen molar-refractivity contribution in [1.82, 2.24) is 5.32 Å². The van der Waals surface area contributed by atoms with Gasteiger partial charge < -0.3 is 15.2 Å². The summed E-state index contributed by atoms with van der Waals surface area (Å²) in [6.45, 7) is 1.98. The van der Waals surface area contributed by atoms with Crippen molar-refractivity contribution in [1.29, 1.82) is 0 Å². The normalized spacial score (nSPS) is 26.4. The van der Waals surface area contributed by atoms with Crippen LogP contribution in [0, 0.1) is 0 Å². The highest BCUT2D eigenvalue weighted by Gasteiger charge is 2.38. The summed E-state index contributed by atoms with van der Waals surface area (Å²) >= 11 is 3.37. The zero-order chi connectivity index (χ0) is 14.9. The second-order valence-electron chi connectivity index (χ2n) is 4.99. The Balaban J connectivity index is 2.27. The first-order valence-corrected chi connectivity index (χ1v) is 8.95. The molecule has 112 valence electrons. The van der Waals surface area contributed by atoms with E-state index in [0.29, 0.717) is 5.75 Å². The van der Waals surface area contributed by atoms with Crippen LogP contribution in [0.1, 0.15) is 18.5 Å². The van der Waals surface area contributed by atoms with Crippen LogP contribution in [0.2, 0.25) is 0 Å². The maximum absolute atomic E-state index is 11.5. The van der Waals surface area contributed by atoms with Crippen LogP contribution in [0.3, 0.4) is 0 Å². The van der Waals surface area contributed by atoms with E-state index >= 15 is 0 Å². The Bertz CT molecular complexity index is 590. The van der Waals surface area contributed by atoms with Crippen molar-refractivity contribution in [2.45, 2.75) is 25.2 Å². The number of halogens is 1. The predicted molar refractivity (Wildman–Crippen MR) is 80.7 cm³/mol. The SMILES string of the molecule is CNC(C)c1ccc(Br)cc1OC1CS(=O)(=O)CC1O. The molecule has 2 rings (SSSR count). The minimum absolute atomic E-state index is 0.0632. The quantitative estimate of drug-likeness (QED) is 0.842. The van der Waals surface area contributed by atoms with Gasteiger partial charge in [0.1, 0.15) is 18.0 Å². The van der Waals surface area contributed by atoms with Crippen molar-refractivity contribution in [2.24, 2.45) is 0 Å². The van der Waals surface area contributed by atoms with Crippen LogP contribution in [0.25, 0.3) is 0 Å². The molecule has 1 fully saturated rings. The summed E-state index contributed by atoms with van der Waals surface area (Å²) in [7, 11) is -1.38. The van der Waals surface area contributed by atoms with E-state index in [-0.39, 0.29) is 17.5 Å². The topological polar surface area (TPSA) is 75.6 Å². The molecule has 1 aliphatic rings. The van der Waals surface area contributed by atoms with Gasteiger partial charge in [-0.1, -0.05) is 22.0 Å². The fourth-order valence-electron chi connectivity index (χ4n) is 2.20. The molecule has 0 aliphatic carbocycles. The molecule has 1 aromatic rings. The summed E-state index contributed by atoms with van der Waals surface area (Å²) in [5, 5.41) is 12.9. The molecule has 0 amide bonds. The van der Waals surface area contributed by atoms with E-state index < -0.39 is 22.0 Å². The van der Waals surface area contributed by atoms with Crippen molar-refractivity contribution in [3.8, 4) is 5.75 Å². The number of nitrogens with one attached hydrogen (secondary N) is 1. The minimum atomic E-state index is -3.22. The van der Waals surface area contributed by atoms with Gasteiger partial charge in [0.05, 0.1) is 11.5 Å². The largest absolute Gasteiger partial charge is 0.486 e. The van der Waals surface area contributed by atoms with Crippen LogP contribution in [-0.2, 0) is 9.84 Å². The fraction of sp³-hybridized carbons (Fsp3) is 0.538. The zero-order valence-corrected chi connectivity index (χ0v) is 13.7. The minimum Gasteiger partial charge on any atom is -0.486 e. The molecule has 0 aromatic heterocycles. The summed E-state index contributed by atoms with van der Waals surface area (Å²) in [5.74, 6) is 0.207. The van der Waals surface area contributed by atoms with Crippen LogP contribution < -0.4 is 10.1 Å². The molecule has 5 nitrogen and oxygen atoms in total. The van der Waals surface area contributed by atoms with Crippen LogP contribution in [0.15, 0.2) is 22.7 Å². The number of ether oxygens (including phenoxy) is 1. The van der Waals surface area contributed by atoms with Gasteiger partial charge in [-0.3, -0.25) is 0 Å². The lowest BCUT2D eigenvalue weighted by Gasteiger charge is -2.21. The molecule has 7 heteroatoms. The number of aliphatic hydroxyl groups is 1.